The zero-order valence-electron chi connectivity index (χ0n) is 11.7. The molecule has 3 heteroatoms. The van der Waals surface area contributed by atoms with Crippen molar-refractivity contribution in [2.45, 2.75) is 63.1 Å². The summed E-state index contributed by atoms with van der Waals surface area (Å²) in [5.41, 5.74) is 0. The molecule has 0 aromatic heterocycles. The predicted octanol–water partition coefficient (Wildman–Crippen LogP) is 2.02. The quantitative estimate of drug-likeness (QED) is 0.828. The average molecular weight is 252 g/mol. The van der Waals surface area contributed by atoms with Crippen LogP contribution in [0.4, 0.5) is 0 Å². The third kappa shape index (κ3) is 3.06. The molecular weight excluding hydrogens is 224 g/mol. The zero-order chi connectivity index (χ0) is 12.4. The van der Waals surface area contributed by atoms with Crippen LogP contribution in [-0.4, -0.2) is 49.8 Å². The van der Waals surface area contributed by atoms with E-state index < -0.39 is 0 Å². The average Bonchev–Trinajstić information content (AvgIpc) is 2.76. The second kappa shape index (κ2) is 5.89. The van der Waals surface area contributed by atoms with Crippen LogP contribution < -0.4 is 5.32 Å². The molecule has 104 valence electrons. The van der Waals surface area contributed by atoms with Gasteiger partial charge >= 0.3 is 0 Å². The third-order valence-electron chi connectivity index (χ3n) is 5.22. The number of nitrogens with zero attached hydrogens (tertiary/aromatic N) is 1. The molecule has 3 rings (SSSR count). The molecule has 0 amide bonds. The maximum Gasteiger partial charge on any atom is 0.0698 e. The highest BCUT2D eigenvalue weighted by molar-refractivity contribution is 4.92. The van der Waals surface area contributed by atoms with Crippen molar-refractivity contribution in [1.29, 1.82) is 0 Å². The lowest BCUT2D eigenvalue weighted by Gasteiger charge is -2.34. The highest BCUT2D eigenvalue weighted by atomic mass is 16.5. The second-order valence-electron chi connectivity index (χ2n) is 6.56. The van der Waals surface area contributed by atoms with Gasteiger partial charge in [-0.25, -0.2) is 0 Å². The minimum Gasteiger partial charge on any atom is -0.380 e. The summed E-state index contributed by atoms with van der Waals surface area (Å²) in [7, 11) is 1.86. The van der Waals surface area contributed by atoms with Gasteiger partial charge in [0.05, 0.1) is 6.10 Å². The maximum atomic E-state index is 5.51. The number of hydrogen-bond donors (Lipinski definition) is 1. The highest BCUT2D eigenvalue weighted by Gasteiger charge is 2.33. The van der Waals surface area contributed by atoms with Crippen LogP contribution in [0.1, 0.15) is 44.9 Å². The van der Waals surface area contributed by atoms with E-state index in [0.29, 0.717) is 6.10 Å². The first kappa shape index (κ1) is 12.9. The van der Waals surface area contributed by atoms with Gasteiger partial charge in [0, 0.05) is 25.7 Å². The van der Waals surface area contributed by atoms with Crippen molar-refractivity contribution >= 4 is 0 Å². The summed E-state index contributed by atoms with van der Waals surface area (Å²) in [5.74, 6) is 0.978. The van der Waals surface area contributed by atoms with Crippen molar-refractivity contribution in [1.82, 2.24) is 10.2 Å². The summed E-state index contributed by atoms with van der Waals surface area (Å²) in [4.78, 5) is 2.63. The first-order chi connectivity index (χ1) is 8.83. The van der Waals surface area contributed by atoms with Crippen LogP contribution in [0.25, 0.3) is 0 Å². The Labute approximate surface area is 111 Å². The van der Waals surface area contributed by atoms with Crippen LogP contribution >= 0.6 is 0 Å². The summed E-state index contributed by atoms with van der Waals surface area (Å²) in [6, 6.07) is 1.70. The molecule has 0 aromatic carbocycles. The van der Waals surface area contributed by atoms with Gasteiger partial charge in [-0.3, -0.25) is 0 Å². The van der Waals surface area contributed by atoms with Crippen molar-refractivity contribution in [3.05, 3.63) is 0 Å². The summed E-state index contributed by atoms with van der Waals surface area (Å²) in [5, 5.41) is 3.74. The Morgan fingerprint density at radius 1 is 1.17 bits per heavy atom. The molecular formula is C15H28N2O. The lowest BCUT2D eigenvalue weighted by molar-refractivity contribution is 0.0287. The SMILES string of the molecule is COC1CCCN(CCC2CC3CCC(C2)N3)C1. The molecule has 3 saturated heterocycles. The molecule has 3 aliphatic rings. The number of fused-ring (bicyclic) bond motifs is 2. The van der Waals surface area contributed by atoms with Crippen molar-refractivity contribution < 1.29 is 4.74 Å². The molecule has 0 aliphatic carbocycles. The number of methoxy groups -OCH3 is 1. The number of piperidine rings is 2. The molecule has 0 radical (unpaired) electrons. The highest BCUT2D eigenvalue weighted by Crippen LogP contribution is 2.32. The minimum atomic E-state index is 0.489. The van der Waals surface area contributed by atoms with Gasteiger partial charge in [-0.05, 0) is 64.0 Å². The first-order valence-corrected chi connectivity index (χ1v) is 7.84. The predicted molar refractivity (Wildman–Crippen MR) is 73.8 cm³/mol. The van der Waals surface area contributed by atoms with E-state index >= 15 is 0 Å². The van der Waals surface area contributed by atoms with E-state index in [2.05, 4.69) is 10.2 Å². The monoisotopic (exact) mass is 252 g/mol. The Balaban J connectivity index is 1.41. The van der Waals surface area contributed by atoms with E-state index in [1.54, 1.807) is 0 Å². The number of nitrogens with one attached hydrogen (secondary N) is 1. The molecule has 3 fully saturated rings. The van der Waals surface area contributed by atoms with E-state index in [4.69, 9.17) is 4.74 Å². The van der Waals surface area contributed by atoms with Gasteiger partial charge in [0.25, 0.3) is 0 Å². The van der Waals surface area contributed by atoms with Gasteiger partial charge in [-0.1, -0.05) is 0 Å². The van der Waals surface area contributed by atoms with Gasteiger partial charge in [-0.15, -0.1) is 0 Å². The van der Waals surface area contributed by atoms with Crippen LogP contribution in [0.15, 0.2) is 0 Å². The normalized spacial score (nSPS) is 41.2. The van der Waals surface area contributed by atoms with Crippen molar-refractivity contribution in [2.75, 3.05) is 26.7 Å². The van der Waals surface area contributed by atoms with Gasteiger partial charge in [0.15, 0.2) is 0 Å². The number of likely N-dealkylation sites (tertiary alicyclic amines) is 1. The fourth-order valence-electron chi connectivity index (χ4n) is 4.18. The molecule has 3 atom stereocenters. The molecule has 18 heavy (non-hydrogen) atoms. The largest absolute Gasteiger partial charge is 0.380 e. The van der Waals surface area contributed by atoms with Crippen LogP contribution in [-0.2, 0) is 4.74 Å². The van der Waals surface area contributed by atoms with Crippen molar-refractivity contribution in [2.24, 2.45) is 5.92 Å². The Morgan fingerprint density at radius 3 is 2.67 bits per heavy atom. The Bertz CT molecular complexity index is 259. The fraction of sp³-hybridized carbons (Fsp3) is 1.00. The minimum absolute atomic E-state index is 0.489. The van der Waals surface area contributed by atoms with Gasteiger partial charge in [0.2, 0.25) is 0 Å². The summed E-state index contributed by atoms with van der Waals surface area (Å²) >= 11 is 0. The van der Waals surface area contributed by atoms with E-state index in [1.807, 2.05) is 7.11 Å². The molecule has 3 aliphatic heterocycles. The summed E-state index contributed by atoms with van der Waals surface area (Å²) in [6.07, 6.45) is 10.2. The lowest BCUT2D eigenvalue weighted by atomic mass is 9.89. The number of rotatable bonds is 4. The Morgan fingerprint density at radius 2 is 1.94 bits per heavy atom. The molecule has 0 aromatic rings. The van der Waals surface area contributed by atoms with Crippen LogP contribution in [0.3, 0.4) is 0 Å². The third-order valence-corrected chi connectivity index (χ3v) is 5.22. The molecule has 1 N–H and O–H groups in total. The van der Waals surface area contributed by atoms with Gasteiger partial charge in [-0.2, -0.15) is 0 Å². The molecule has 3 unspecified atom stereocenters. The standard InChI is InChI=1S/C15H28N2O/c1-18-15-3-2-7-17(11-15)8-6-12-9-13-4-5-14(10-12)16-13/h12-16H,2-11H2,1H3. The number of hydrogen-bond acceptors (Lipinski definition) is 3. The number of ether oxygens (including phenoxy) is 1. The van der Waals surface area contributed by atoms with Gasteiger partial charge < -0.3 is 15.0 Å². The summed E-state index contributed by atoms with van der Waals surface area (Å²) in [6.45, 7) is 3.75. The van der Waals surface area contributed by atoms with Crippen LogP contribution in [0, 0.1) is 5.92 Å². The fourth-order valence-corrected chi connectivity index (χ4v) is 4.18. The lowest BCUT2D eigenvalue weighted by Crippen LogP contribution is -2.42. The Kier molecular flexibility index (Phi) is 4.22. The Hall–Kier alpha value is -0.120. The summed E-state index contributed by atoms with van der Waals surface area (Å²) < 4.78 is 5.51. The second-order valence-corrected chi connectivity index (χ2v) is 6.56. The van der Waals surface area contributed by atoms with Crippen molar-refractivity contribution in [3.8, 4) is 0 Å². The van der Waals surface area contributed by atoms with E-state index in [9.17, 15) is 0 Å². The first-order valence-electron chi connectivity index (χ1n) is 7.84. The van der Waals surface area contributed by atoms with Gasteiger partial charge in [0.1, 0.15) is 0 Å². The maximum absolute atomic E-state index is 5.51. The van der Waals surface area contributed by atoms with Crippen molar-refractivity contribution in [3.63, 3.8) is 0 Å². The molecule has 0 saturated carbocycles. The van der Waals surface area contributed by atoms with Crippen LogP contribution in [0.2, 0.25) is 0 Å². The van der Waals surface area contributed by atoms with E-state index in [1.165, 1.54) is 58.0 Å². The molecule has 3 nitrogen and oxygen atoms in total. The van der Waals surface area contributed by atoms with E-state index in [-0.39, 0.29) is 0 Å². The zero-order valence-corrected chi connectivity index (χ0v) is 11.7. The molecule has 3 heterocycles. The molecule has 0 spiro atoms. The van der Waals surface area contributed by atoms with Crippen LogP contribution in [0.5, 0.6) is 0 Å². The topological polar surface area (TPSA) is 24.5 Å². The van der Waals surface area contributed by atoms with E-state index in [0.717, 1.165) is 24.5 Å². The smallest absolute Gasteiger partial charge is 0.0698 e. The molecule has 2 bridgehead atoms.